The van der Waals surface area contributed by atoms with Gasteiger partial charge in [-0.3, -0.25) is 9.48 Å². The SMILES string of the molecule is CCCn1nccc1C(=O)CC1CNc2ccccc21. The molecule has 1 aliphatic rings. The highest BCUT2D eigenvalue weighted by Gasteiger charge is 2.25. The number of aromatic nitrogens is 2. The molecule has 1 N–H and O–H groups in total. The molecule has 1 aromatic carbocycles. The number of nitrogens with one attached hydrogen (secondary N) is 1. The Morgan fingerprint density at radius 3 is 3.10 bits per heavy atom. The van der Waals surface area contributed by atoms with E-state index in [1.54, 1.807) is 6.20 Å². The van der Waals surface area contributed by atoms with Crippen molar-refractivity contribution in [2.24, 2.45) is 0 Å². The molecule has 0 bridgehead atoms. The Balaban J connectivity index is 1.76. The maximum Gasteiger partial charge on any atom is 0.181 e. The minimum Gasteiger partial charge on any atom is -0.384 e. The van der Waals surface area contributed by atoms with Gasteiger partial charge >= 0.3 is 0 Å². The number of carbonyl (C=O) groups is 1. The smallest absolute Gasteiger partial charge is 0.181 e. The maximum absolute atomic E-state index is 12.5. The van der Waals surface area contributed by atoms with E-state index in [1.807, 2.05) is 22.9 Å². The van der Waals surface area contributed by atoms with Crippen molar-refractivity contribution >= 4 is 11.5 Å². The van der Waals surface area contributed by atoms with Crippen molar-refractivity contribution in [3.63, 3.8) is 0 Å². The summed E-state index contributed by atoms with van der Waals surface area (Å²) in [6, 6.07) is 10.1. The Hall–Kier alpha value is -2.10. The second-order valence-electron chi connectivity index (χ2n) is 5.23. The van der Waals surface area contributed by atoms with Crippen LogP contribution in [0.25, 0.3) is 0 Å². The minimum absolute atomic E-state index is 0.180. The maximum atomic E-state index is 12.5. The van der Waals surface area contributed by atoms with E-state index in [0.29, 0.717) is 6.42 Å². The van der Waals surface area contributed by atoms with Crippen LogP contribution in [0.5, 0.6) is 0 Å². The molecule has 1 atom stereocenters. The van der Waals surface area contributed by atoms with Crippen molar-refractivity contribution in [3.8, 4) is 0 Å². The number of benzene rings is 1. The largest absolute Gasteiger partial charge is 0.384 e. The van der Waals surface area contributed by atoms with Gasteiger partial charge in [0.05, 0.1) is 0 Å². The lowest BCUT2D eigenvalue weighted by Crippen LogP contribution is -2.14. The number of anilines is 1. The monoisotopic (exact) mass is 269 g/mol. The summed E-state index contributed by atoms with van der Waals surface area (Å²) in [5.74, 6) is 0.447. The highest BCUT2D eigenvalue weighted by molar-refractivity contribution is 5.95. The summed E-state index contributed by atoms with van der Waals surface area (Å²) < 4.78 is 1.82. The topological polar surface area (TPSA) is 46.9 Å². The zero-order valence-electron chi connectivity index (χ0n) is 11.7. The lowest BCUT2D eigenvalue weighted by atomic mass is 9.95. The van der Waals surface area contributed by atoms with E-state index in [1.165, 1.54) is 5.56 Å². The molecule has 1 unspecified atom stereocenters. The third kappa shape index (κ3) is 2.33. The number of para-hydroxylation sites is 1. The Kier molecular flexibility index (Phi) is 3.54. The molecular formula is C16H19N3O. The van der Waals surface area contributed by atoms with Crippen molar-refractivity contribution in [3.05, 3.63) is 47.8 Å². The van der Waals surface area contributed by atoms with Gasteiger partial charge in [0.1, 0.15) is 5.69 Å². The summed E-state index contributed by atoms with van der Waals surface area (Å²) in [4.78, 5) is 12.5. The minimum atomic E-state index is 0.180. The summed E-state index contributed by atoms with van der Waals surface area (Å²) >= 11 is 0. The van der Waals surface area contributed by atoms with Crippen LogP contribution in [0.2, 0.25) is 0 Å². The molecule has 0 saturated carbocycles. The van der Waals surface area contributed by atoms with Gasteiger partial charge in [-0.2, -0.15) is 5.10 Å². The van der Waals surface area contributed by atoms with Crippen LogP contribution < -0.4 is 5.32 Å². The molecule has 0 fully saturated rings. The highest BCUT2D eigenvalue weighted by atomic mass is 16.1. The van der Waals surface area contributed by atoms with Crippen LogP contribution in [-0.2, 0) is 6.54 Å². The third-order valence-corrected chi connectivity index (χ3v) is 3.81. The molecule has 104 valence electrons. The van der Waals surface area contributed by atoms with Crippen LogP contribution >= 0.6 is 0 Å². The molecule has 0 radical (unpaired) electrons. The lowest BCUT2D eigenvalue weighted by Gasteiger charge is -2.10. The van der Waals surface area contributed by atoms with Gasteiger partial charge in [0.15, 0.2) is 5.78 Å². The number of Topliss-reactive ketones (excluding diaryl/α,β-unsaturated/α-hetero) is 1. The first-order chi connectivity index (χ1) is 9.79. The zero-order chi connectivity index (χ0) is 13.9. The Morgan fingerprint density at radius 2 is 2.25 bits per heavy atom. The van der Waals surface area contributed by atoms with E-state index in [2.05, 4.69) is 29.5 Å². The third-order valence-electron chi connectivity index (χ3n) is 3.81. The van der Waals surface area contributed by atoms with Crippen LogP contribution in [0.4, 0.5) is 5.69 Å². The van der Waals surface area contributed by atoms with Gasteiger partial charge in [-0.1, -0.05) is 25.1 Å². The standard InChI is InChI=1S/C16H19N3O/c1-2-9-19-15(7-8-18-19)16(20)10-12-11-17-14-6-4-3-5-13(12)14/h3-8,12,17H,2,9-11H2,1H3. The zero-order valence-corrected chi connectivity index (χ0v) is 11.7. The number of hydrogen-bond donors (Lipinski definition) is 1. The number of aryl methyl sites for hydroxylation is 1. The molecule has 4 nitrogen and oxygen atoms in total. The molecular weight excluding hydrogens is 250 g/mol. The van der Waals surface area contributed by atoms with Crippen LogP contribution in [-0.4, -0.2) is 22.1 Å². The molecule has 0 aliphatic carbocycles. The quantitative estimate of drug-likeness (QED) is 0.848. The number of fused-ring (bicyclic) bond motifs is 1. The Morgan fingerprint density at radius 1 is 1.40 bits per heavy atom. The average Bonchev–Trinajstić information content (AvgIpc) is 3.07. The Labute approximate surface area is 118 Å². The predicted octanol–water partition coefficient (Wildman–Crippen LogP) is 3.08. The van der Waals surface area contributed by atoms with E-state index in [-0.39, 0.29) is 11.7 Å². The first-order valence-corrected chi connectivity index (χ1v) is 7.17. The highest BCUT2D eigenvalue weighted by Crippen LogP contribution is 2.33. The fraction of sp³-hybridized carbons (Fsp3) is 0.375. The molecule has 1 aromatic heterocycles. The molecule has 2 heterocycles. The van der Waals surface area contributed by atoms with Gasteiger partial charge in [-0.05, 0) is 24.1 Å². The molecule has 4 heteroatoms. The summed E-state index contributed by atoms with van der Waals surface area (Å²) in [7, 11) is 0. The van der Waals surface area contributed by atoms with Crippen LogP contribution in [0.15, 0.2) is 36.5 Å². The number of hydrogen-bond acceptors (Lipinski definition) is 3. The predicted molar refractivity (Wildman–Crippen MR) is 79.1 cm³/mol. The molecule has 0 spiro atoms. The van der Waals surface area contributed by atoms with E-state index in [9.17, 15) is 4.79 Å². The van der Waals surface area contributed by atoms with Gasteiger partial charge in [-0.15, -0.1) is 0 Å². The van der Waals surface area contributed by atoms with Crippen LogP contribution in [0, 0.1) is 0 Å². The van der Waals surface area contributed by atoms with Gasteiger partial charge in [0.2, 0.25) is 0 Å². The summed E-state index contributed by atoms with van der Waals surface area (Å²) in [6.45, 7) is 3.73. The van der Waals surface area contributed by atoms with Crippen LogP contribution in [0.3, 0.4) is 0 Å². The molecule has 20 heavy (non-hydrogen) atoms. The second kappa shape index (κ2) is 5.49. The van der Waals surface area contributed by atoms with E-state index < -0.39 is 0 Å². The van der Waals surface area contributed by atoms with Gasteiger partial charge in [0.25, 0.3) is 0 Å². The summed E-state index contributed by atoms with van der Waals surface area (Å²) in [6.07, 6.45) is 3.24. The lowest BCUT2D eigenvalue weighted by molar-refractivity contribution is 0.0965. The van der Waals surface area contributed by atoms with Crippen molar-refractivity contribution in [1.82, 2.24) is 9.78 Å². The number of carbonyl (C=O) groups excluding carboxylic acids is 1. The Bertz CT molecular complexity index is 618. The number of rotatable bonds is 5. The van der Waals surface area contributed by atoms with Crippen LogP contribution in [0.1, 0.15) is 41.7 Å². The fourth-order valence-corrected chi connectivity index (χ4v) is 2.83. The normalized spacial score (nSPS) is 16.8. The van der Waals surface area contributed by atoms with Gasteiger partial charge in [0, 0.05) is 37.3 Å². The average molecular weight is 269 g/mol. The molecule has 0 amide bonds. The van der Waals surface area contributed by atoms with E-state index >= 15 is 0 Å². The van der Waals surface area contributed by atoms with E-state index in [0.717, 1.165) is 30.9 Å². The van der Waals surface area contributed by atoms with Crippen molar-refractivity contribution in [2.75, 3.05) is 11.9 Å². The summed E-state index contributed by atoms with van der Waals surface area (Å²) in [5.41, 5.74) is 3.14. The van der Waals surface area contributed by atoms with Crippen molar-refractivity contribution in [2.45, 2.75) is 32.2 Å². The number of nitrogens with zero attached hydrogens (tertiary/aromatic N) is 2. The summed E-state index contributed by atoms with van der Waals surface area (Å²) in [5, 5.41) is 7.59. The molecule has 1 aliphatic heterocycles. The molecule has 2 aromatic rings. The molecule has 3 rings (SSSR count). The molecule has 0 saturated heterocycles. The first kappa shape index (κ1) is 12.9. The first-order valence-electron chi connectivity index (χ1n) is 7.17. The van der Waals surface area contributed by atoms with Crippen molar-refractivity contribution < 1.29 is 4.79 Å². The fourth-order valence-electron chi connectivity index (χ4n) is 2.83. The van der Waals surface area contributed by atoms with E-state index in [4.69, 9.17) is 0 Å². The second-order valence-corrected chi connectivity index (χ2v) is 5.23. The van der Waals surface area contributed by atoms with Crippen molar-refractivity contribution in [1.29, 1.82) is 0 Å². The number of ketones is 1. The van der Waals surface area contributed by atoms with Gasteiger partial charge < -0.3 is 5.32 Å². The van der Waals surface area contributed by atoms with Gasteiger partial charge in [-0.25, -0.2) is 0 Å².